The summed E-state index contributed by atoms with van der Waals surface area (Å²) in [4.78, 5) is 42.8. The molecule has 7 heteroatoms. The van der Waals surface area contributed by atoms with Crippen LogP contribution in [0.3, 0.4) is 0 Å². The highest BCUT2D eigenvalue weighted by molar-refractivity contribution is 5.99. The second-order valence-electron chi connectivity index (χ2n) is 7.07. The van der Waals surface area contributed by atoms with E-state index in [9.17, 15) is 14.4 Å². The molecular weight excluding hydrogens is 372 g/mol. The van der Waals surface area contributed by atoms with E-state index in [1.54, 1.807) is 49.9 Å². The van der Waals surface area contributed by atoms with Gasteiger partial charge in [-0.2, -0.15) is 0 Å². The molecule has 1 N–H and O–H groups in total. The van der Waals surface area contributed by atoms with Gasteiger partial charge in [-0.3, -0.25) is 4.79 Å². The molecule has 1 aromatic heterocycles. The molecular formula is C22H26N2O5. The minimum absolute atomic E-state index is 0.221. The lowest BCUT2D eigenvalue weighted by atomic mass is 10.1. The first-order valence-electron chi connectivity index (χ1n) is 9.85. The van der Waals surface area contributed by atoms with Crippen LogP contribution in [0, 0.1) is 13.8 Å². The summed E-state index contributed by atoms with van der Waals surface area (Å²) in [6.45, 7) is 6.62. The molecule has 1 aromatic carbocycles. The van der Waals surface area contributed by atoms with Gasteiger partial charge in [0.05, 0.1) is 12.2 Å². The van der Waals surface area contributed by atoms with Crippen molar-refractivity contribution in [2.45, 2.75) is 39.7 Å². The third-order valence-electron chi connectivity index (χ3n) is 5.09. The number of rotatable bonds is 6. The molecule has 0 bridgehead atoms. The van der Waals surface area contributed by atoms with Crippen LogP contribution in [0.4, 0.5) is 0 Å². The van der Waals surface area contributed by atoms with Gasteiger partial charge in [-0.15, -0.1) is 0 Å². The minimum atomic E-state index is -1.03. The molecule has 0 saturated carbocycles. The van der Waals surface area contributed by atoms with Gasteiger partial charge in [0.2, 0.25) is 6.10 Å². The van der Waals surface area contributed by atoms with Crippen molar-refractivity contribution in [2.75, 3.05) is 19.7 Å². The van der Waals surface area contributed by atoms with E-state index in [0.717, 1.165) is 12.8 Å². The SMILES string of the molecule is CCOC(=O)c1[nH]c(C)c(C(=O)O[C@H](C(=O)N2CCCC2)c2ccccc2)c1C. The normalized spacial score (nSPS) is 14.5. The van der Waals surface area contributed by atoms with Crippen LogP contribution in [0.25, 0.3) is 0 Å². The molecule has 29 heavy (non-hydrogen) atoms. The first-order valence-corrected chi connectivity index (χ1v) is 9.85. The van der Waals surface area contributed by atoms with E-state index in [-0.39, 0.29) is 23.8 Å². The van der Waals surface area contributed by atoms with Crippen LogP contribution in [0.1, 0.15) is 63.5 Å². The Bertz CT molecular complexity index is 897. The zero-order valence-electron chi connectivity index (χ0n) is 17.0. The molecule has 3 rings (SSSR count). The van der Waals surface area contributed by atoms with Crippen molar-refractivity contribution in [1.29, 1.82) is 0 Å². The first-order chi connectivity index (χ1) is 13.9. The maximum atomic E-state index is 13.0. The maximum Gasteiger partial charge on any atom is 0.355 e. The van der Waals surface area contributed by atoms with Crippen molar-refractivity contribution in [3.63, 3.8) is 0 Å². The molecule has 1 atom stereocenters. The van der Waals surface area contributed by atoms with E-state index < -0.39 is 18.0 Å². The van der Waals surface area contributed by atoms with Crippen LogP contribution in [0.5, 0.6) is 0 Å². The average molecular weight is 398 g/mol. The molecule has 7 nitrogen and oxygen atoms in total. The minimum Gasteiger partial charge on any atom is -0.461 e. The molecule has 1 aliphatic heterocycles. The van der Waals surface area contributed by atoms with Crippen molar-refractivity contribution in [3.05, 3.63) is 58.4 Å². The summed E-state index contributed by atoms with van der Waals surface area (Å²) in [6, 6.07) is 8.99. The molecule has 2 aromatic rings. The number of aryl methyl sites for hydroxylation is 1. The lowest BCUT2D eigenvalue weighted by Crippen LogP contribution is -2.35. The van der Waals surface area contributed by atoms with Gasteiger partial charge in [-0.05, 0) is 39.2 Å². The molecule has 154 valence electrons. The second-order valence-corrected chi connectivity index (χ2v) is 7.07. The molecule has 0 unspecified atom stereocenters. The summed E-state index contributed by atoms with van der Waals surface area (Å²) in [5, 5.41) is 0. The number of nitrogens with zero attached hydrogens (tertiary/aromatic N) is 1. The molecule has 0 radical (unpaired) electrons. The van der Waals surface area contributed by atoms with Gasteiger partial charge < -0.3 is 19.4 Å². The predicted molar refractivity (Wildman–Crippen MR) is 107 cm³/mol. The summed E-state index contributed by atoms with van der Waals surface area (Å²) in [7, 11) is 0. The Morgan fingerprint density at radius 2 is 1.72 bits per heavy atom. The number of carbonyl (C=O) groups excluding carboxylic acids is 3. The van der Waals surface area contributed by atoms with E-state index >= 15 is 0 Å². The number of esters is 2. The number of ether oxygens (including phenoxy) is 2. The largest absolute Gasteiger partial charge is 0.461 e. The predicted octanol–water partition coefficient (Wildman–Crippen LogP) is 3.33. The Morgan fingerprint density at radius 3 is 2.34 bits per heavy atom. The third-order valence-corrected chi connectivity index (χ3v) is 5.09. The van der Waals surface area contributed by atoms with Gasteiger partial charge in [0.25, 0.3) is 5.91 Å². The number of amides is 1. The maximum absolute atomic E-state index is 13.0. The number of benzene rings is 1. The summed E-state index contributed by atoms with van der Waals surface area (Å²) in [5.74, 6) is -1.40. The Kier molecular flexibility index (Phi) is 6.36. The molecule has 2 heterocycles. The van der Waals surface area contributed by atoms with Crippen molar-refractivity contribution in [2.24, 2.45) is 0 Å². The summed E-state index contributed by atoms with van der Waals surface area (Å²) in [5.41, 5.74) is 2.04. The average Bonchev–Trinajstić information content (AvgIpc) is 3.34. The van der Waals surface area contributed by atoms with E-state index in [1.165, 1.54) is 0 Å². The van der Waals surface area contributed by atoms with E-state index in [2.05, 4.69) is 4.98 Å². The molecule has 0 aliphatic carbocycles. The Hall–Kier alpha value is -3.09. The number of nitrogens with one attached hydrogen (secondary N) is 1. The van der Waals surface area contributed by atoms with Crippen molar-refractivity contribution in [3.8, 4) is 0 Å². The smallest absolute Gasteiger partial charge is 0.355 e. The monoisotopic (exact) mass is 398 g/mol. The van der Waals surface area contributed by atoms with Gasteiger partial charge in [0, 0.05) is 24.3 Å². The van der Waals surface area contributed by atoms with Gasteiger partial charge in [0.15, 0.2) is 0 Å². The van der Waals surface area contributed by atoms with Gasteiger partial charge in [0.1, 0.15) is 5.69 Å². The molecule has 1 saturated heterocycles. The van der Waals surface area contributed by atoms with Crippen LogP contribution >= 0.6 is 0 Å². The molecule has 0 spiro atoms. The summed E-state index contributed by atoms with van der Waals surface area (Å²) < 4.78 is 10.7. The number of hydrogen-bond donors (Lipinski definition) is 1. The highest BCUT2D eigenvalue weighted by Crippen LogP contribution is 2.27. The van der Waals surface area contributed by atoms with E-state index in [1.807, 2.05) is 6.07 Å². The Balaban J connectivity index is 1.89. The van der Waals surface area contributed by atoms with Gasteiger partial charge >= 0.3 is 11.9 Å². The highest BCUT2D eigenvalue weighted by Gasteiger charge is 2.33. The summed E-state index contributed by atoms with van der Waals surface area (Å²) in [6.07, 6.45) is 0.863. The fraction of sp³-hybridized carbons (Fsp3) is 0.409. The van der Waals surface area contributed by atoms with Crippen molar-refractivity contribution < 1.29 is 23.9 Å². The van der Waals surface area contributed by atoms with Crippen LogP contribution in [-0.4, -0.2) is 47.4 Å². The van der Waals surface area contributed by atoms with Crippen LogP contribution in [-0.2, 0) is 14.3 Å². The van der Waals surface area contributed by atoms with Crippen LogP contribution < -0.4 is 0 Å². The van der Waals surface area contributed by atoms with E-state index in [0.29, 0.717) is 29.9 Å². The fourth-order valence-corrected chi connectivity index (χ4v) is 3.62. The zero-order chi connectivity index (χ0) is 21.0. The number of aromatic nitrogens is 1. The lowest BCUT2D eigenvalue weighted by molar-refractivity contribution is -0.140. The van der Waals surface area contributed by atoms with Crippen LogP contribution in [0.15, 0.2) is 30.3 Å². The number of likely N-dealkylation sites (tertiary alicyclic amines) is 1. The zero-order valence-corrected chi connectivity index (χ0v) is 17.0. The third kappa shape index (κ3) is 4.34. The number of hydrogen-bond acceptors (Lipinski definition) is 5. The molecule has 1 fully saturated rings. The number of H-pyrrole nitrogens is 1. The molecule has 1 aliphatic rings. The van der Waals surface area contributed by atoms with Crippen molar-refractivity contribution >= 4 is 17.8 Å². The second kappa shape index (κ2) is 8.94. The van der Waals surface area contributed by atoms with Crippen molar-refractivity contribution in [1.82, 2.24) is 9.88 Å². The lowest BCUT2D eigenvalue weighted by Gasteiger charge is -2.23. The standard InChI is InChI=1S/C22H26N2O5/c1-4-28-22(27)18-14(2)17(15(3)23-18)21(26)29-19(16-10-6-5-7-11-16)20(25)24-12-8-9-13-24/h5-7,10-11,19,23H,4,8-9,12-13H2,1-3H3/t19-/m0/s1. The Labute approximate surface area is 170 Å². The highest BCUT2D eigenvalue weighted by atomic mass is 16.5. The van der Waals surface area contributed by atoms with Gasteiger partial charge in [-0.1, -0.05) is 30.3 Å². The van der Waals surface area contributed by atoms with Crippen LogP contribution in [0.2, 0.25) is 0 Å². The number of carbonyl (C=O) groups is 3. The van der Waals surface area contributed by atoms with Gasteiger partial charge in [-0.25, -0.2) is 9.59 Å². The topological polar surface area (TPSA) is 88.7 Å². The fourth-order valence-electron chi connectivity index (χ4n) is 3.62. The first kappa shape index (κ1) is 20.6. The van der Waals surface area contributed by atoms with E-state index in [4.69, 9.17) is 9.47 Å². The Morgan fingerprint density at radius 1 is 1.07 bits per heavy atom. The quantitative estimate of drug-likeness (QED) is 0.754. The summed E-state index contributed by atoms with van der Waals surface area (Å²) >= 11 is 0. The number of aromatic amines is 1. The molecule has 1 amide bonds.